The van der Waals surface area contributed by atoms with Gasteiger partial charge in [-0.05, 0) is 71.0 Å². The highest BCUT2D eigenvalue weighted by atomic mass is 32.2. The van der Waals surface area contributed by atoms with Gasteiger partial charge in [-0.1, -0.05) is 127 Å². The molecule has 7 rings (SSSR count). The van der Waals surface area contributed by atoms with Gasteiger partial charge in [0.1, 0.15) is 6.04 Å². The SMILES string of the molecule is Cc1ccc(S(=O)(=O)N[C@H](Cc2ccccc2)C(=O)NCc2cccc(-c3ccc([C@H]4O[C@@H](CSc5ncccn5)C[C@@H](c5ccc(CO)cc5)O4)cc3)c2)cc1. The summed E-state index contributed by atoms with van der Waals surface area (Å²) in [6.45, 7) is 2.07. The van der Waals surface area contributed by atoms with Crippen molar-refractivity contribution in [2.24, 2.45) is 0 Å². The number of aliphatic hydroxyl groups is 1. The molecule has 1 aliphatic heterocycles. The van der Waals surface area contributed by atoms with Gasteiger partial charge in [0, 0.05) is 36.7 Å². The Kier molecular flexibility index (Phi) is 13.2. The molecular formula is C45H44N4O6S2. The number of ether oxygens (including phenoxy) is 2. The summed E-state index contributed by atoms with van der Waals surface area (Å²) in [5, 5.41) is 13.2. The number of benzene rings is 5. The van der Waals surface area contributed by atoms with Crippen LogP contribution in [0.4, 0.5) is 0 Å². The Morgan fingerprint density at radius 1 is 0.789 bits per heavy atom. The molecule has 1 saturated heterocycles. The molecule has 6 aromatic rings. The minimum atomic E-state index is -3.96. The Morgan fingerprint density at radius 2 is 1.49 bits per heavy atom. The third-order valence-electron chi connectivity index (χ3n) is 9.69. The summed E-state index contributed by atoms with van der Waals surface area (Å²) < 4.78 is 42.3. The van der Waals surface area contributed by atoms with Crippen LogP contribution in [-0.2, 0) is 43.9 Å². The molecule has 4 atom stereocenters. The number of aliphatic hydroxyl groups excluding tert-OH is 1. The van der Waals surface area contributed by atoms with Crippen molar-refractivity contribution in [3.8, 4) is 11.1 Å². The van der Waals surface area contributed by atoms with Gasteiger partial charge in [0.25, 0.3) is 0 Å². The number of rotatable bonds is 15. The van der Waals surface area contributed by atoms with Crippen LogP contribution in [0, 0.1) is 6.92 Å². The van der Waals surface area contributed by atoms with Crippen molar-refractivity contribution in [3.63, 3.8) is 0 Å². The fraction of sp³-hybridized carbons (Fsp3) is 0.222. The van der Waals surface area contributed by atoms with Crippen molar-refractivity contribution in [1.82, 2.24) is 20.0 Å². The molecular weight excluding hydrogens is 757 g/mol. The van der Waals surface area contributed by atoms with E-state index in [4.69, 9.17) is 9.47 Å². The lowest BCUT2D eigenvalue weighted by molar-refractivity contribution is -0.245. The molecule has 5 aromatic carbocycles. The number of nitrogens with zero attached hydrogens (tertiary/aromatic N) is 2. The first-order chi connectivity index (χ1) is 27.7. The van der Waals surface area contributed by atoms with Gasteiger partial charge < -0.3 is 19.9 Å². The molecule has 0 bridgehead atoms. The number of aromatic nitrogens is 2. The Bertz CT molecular complexity index is 2330. The van der Waals surface area contributed by atoms with Crippen LogP contribution in [0.2, 0.25) is 0 Å². The van der Waals surface area contributed by atoms with E-state index in [1.54, 1.807) is 42.4 Å². The zero-order valence-corrected chi connectivity index (χ0v) is 33.0. The average Bonchev–Trinajstić information content (AvgIpc) is 3.25. The number of amides is 1. The van der Waals surface area contributed by atoms with Gasteiger partial charge in [-0.15, -0.1) is 0 Å². The summed E-state index contributed by atoms with van der Waals surface area (Å²) in [5.41, 5.74) is 7.30. The largest absolute Gasteiger partial charge is 0.392 e. The quantitative estimate of drug-likeness (QED) is 0.0713. The van der Waals surface area contributed by atoms with Gasteiger partial charge in [0.2, 0.25) is 15.9 Å². The van der Waals surface area contributed by atoms with Crippen LogP contribution in [0.25, 0.3) is 11.1 Å². The van der Waals surface area contributed by atoms with E-state index >= 15 is 0 Å². The van der Waals surface area contributed by atoms with Crippen LogP contribution < -0.4 is 10.0 Å². The van der Waals surface area contributed by atoms with Crippen molar-refractivity contribution < 1.29 is 27.8 Å². The molecule has 1 fully saturated rings. The molecule has 1 aromatic heterocycles. The second-order valence-corrected chi connectivity index (χ2v) is 16.6. The highest BCUT2D eigenvalue weighted by Crippen LogP contribution is 2.39. The lowest BCUT2D eigenvalue weighted by Crippen LogP contribution is -2.47. The molecule has 0 aliphatic carbocycles. The Hall–Kier alpha value is -5.21. The first kappa shape index (κ1) is 40.0. The van der Waals surface area contributed by atoms with E-state index in [2.05, 4.69) is 20.0 Å². The normalized spacial score (nSPS) is 17.5. The number of carbonyl (C=O) groups is 1. The Labute approximate surface area is 337 Å². The number of carbonyl (C=O) groups excluding carboxylic acids is 1. The van der Waals surface area contributed by atoms with E-state index < -0.39 is 28.3 Å². The van der Waals surface area contributed by atoms with Crippen LogP contribution in [0.15, 0.2) is 156 Å². The second kappa shape index (κ2) is 18.8. The topological polar surface area (TPSA) is 140 Å². The number of aryl methyl sites for hydroxylation is 1. The minimum absolute atomic E-state index is 0.0219. The zero-order chi connectivity index (χ0) is 39.6. The number of nitrogens with one attached hydrogen (secondary N) is 2. The van der Waals surface area contributed by atoms with Gasteiger partial charge in [-0.3, -0.25) is 4.79 Å². The molecule has 57 heavy (non-hydrogen) atoms. The van der Waals surface area contributed by atoms with E-state index in [1.807, 2.05) is 110 Å². The predicted octanol–water partition coefficient (Wildman–Crippen LogP) is 7.49. The van der Waals surface area contributed by atoms with Gasteiger partial charge in [0.15, 0.2) is 11.4 Å². The maximum atomic E-state index is 13.6. The summed E-state index contributed by atoms with van der Waals surface area (Å²) in [6.07, 6.45) is 3.35. The van der Waals surface area contributed by atoms with Gasteiger partial charge >= 0.3 is 0 Å². The van der Waals surface area contributed by atoms with Crippen molar-refractivity contribution in [3.05, 3.63) is 179 Å². The zero-order valence-electron chi connectivity index (χ0n) is 31.4. The molecule has 1 amide bonds. The predicted molar refractivity (Wildman–Crippen MR) is 220 cm³/mol. The summed E-state index contributed by atoms with van der Waals surface area (Å²) in [4.78, 5) is 22.4. The molecule has 0 spiro atoms. The van der Waals surface area contributed by atoms with E-state index in [1.165, 1.54) is 12.1 Å². The lowest BCUT2D eigenvalue weighted by Gasteiger charge is -2.36. The standard InChI is InChI=1S/C45H44N4O6S2/c1-31-11-21-40(22-12-31)57(52,53)49-41(26-32-7-3-2-4-8-32)43(51)48-28-34-9-5-10-38(25-34)35-17-19-37(20-18-35)44-54-39(30-56-45-46-23-6-24-47-45)27-42(55-44)36-15-13-33(29-50)14-16-36/h2-25,39,41-42,44,49-50H,26-30H2,1H3,(H,48,51)/t39-,41-,42+,44+/m1/s1. The van der Waals surface area contributed by atoms with Crippen LogP contribution in [0.5, 0.6) is 0 Å². The van der Waals surface area contributed by atoms with Crippen LogP contribution in [0.1, 0.15) is 52.2 Å². The van der Waals surface area contributed by atoms with Gasteiger partial charge in [-0.2, -0.15) is 4.72 Å². The van der Waals surface area contributed by atoms with Gasteiger partial charge in [0.05, 0.1) is 23.7 Å². The molecule has 1 aliphatic rings. The maximum Gasteiger partial charge on any atom is 0.241 e. The fourth-order valence-electron chi connectivity index (χ4n) is 6.57. The molecule has 292 valence electrons. The highest BCUT2D eigenvalue weighted by molar-refractivity contribution is 7.99. The Morgan fingerprint density at radius 3 is 2.21 bits per heavy atom. The minimum Gasteiger partial charge on any atom is -0.392 e. The summed E-state index contributed by atoms with van der Waals surface area (Å²) in [5.74, 6) is 0.231. The summed E-state index contributed by atoms with van der Waals surface area (Å²) in [6, 6.07) is 40.4. The molecule has 10 nitrogen and oxygen atoms in total. The number of hydrogen-bond acceptors (Lipinski definition) is 9. The first-order valence-corrected chi connectivity index (χ1v) is 21.2. The van der Waals surface area contributed by atoms with Gasteiger partial charge in [-0.25, -0.2) is 18.4 Å². The molecule has 12 heteroatoms. The van der Waals surface area contributed by atoms with Crippen molar-refractivity contribution in [1.29, 1.82) is 0 Å². The van der Waals surface area contributed by atoms with E-state index in [0.717, 1.165) is 44.5 Å². The molecule has 3 N–H and O–H groups in total. The maximum absolute atomic E-state index is 13.6. The van der Waals surface area contributed by atoms with Crippen molar-refractivity contribution >= 4 is 27.7 Å². The van der Waals surface area contributed by atoms with Crippen LogP contribution >= 0.6 is 11.8 Å². The lowest BCUT2D eigenvalue weighted by atomic mass is 9.99. The van der Waals surface area contributed by atoms with E-state index in [-0.39, 0.29) is 36.7 Å². The third kappa shape index (κ3) is 10.8. The van der Waals surface area contributed by atoms with Crippen LogP contribution in [-0.4, -0.2) is 47.3 Å². The third-order valence-corrected chi connectivity index (χ3v) is 12.2. The van der Waals surface area contributed by atoms with Crippen molar-refractivity contribution in [2.45, 2.75) is 67.5 Å². The second-order valence-electron chi connectivity index (χ2n) is 13.9. The van der Waals surface area contributed by atoms with Crippen molar-refractivity contribution in [2.75, 3.05) is 5.75 Å². The monoisotopic (exact) mass is 800 g/mol. The smallest absolute Gasteiger partial charge is 0.241 e. The summed E-state index contributed by atoms with van der Waals surface area (Å²) in [7, 11) is -3.96. The average molecular weight is 801 g/mol. The van der Waals surface area contributed by atoms with E-state index in [0.29, 0.717) is 17.3 Å². The molecule has 0 saturated carbocycles. The highest BCUT2D eigenvalue weighted by Gasteiger charge is 2.32. The summed E-state index contributed by atoms with van der Waals surface area (Å²) >= 11 is 1.55. The molecule has 0 unspecified atom stereocenters. The fourth-order valence-corrected chi connectivity index (χ4v) is 8.58. The Balaban J connectivity index is 1.03. The van der Waals surface area contributed by atoms with E-state index in [9.17, 15) is 18.3 Å². The number of thioether (sulfide) groups is 1. The number of hydrogen-bond donors (Lipinski definition) is 3. The molecule has 0 radical (unpaired) electrons. The molecule has 2 heterocycles. The van der Waals surface area contributed by atoms with Crippen LogP contribution in [0.3, 0.4) is 0 Å². The first-order valence-electron chi connectivity index (χ1n) is 18.7. The number of sulfonamides is 1.